The van der Waals surface area contributed by atoms with Crippen molar-refractivity contribution in [3.63, 3.8) is 0 Å². The van der Waals surface area contributed by atoms with E-state index in [0.29, 0.717) is 0 Å². The van der Waals surface area contributed by atoms with Crippen LogP contribution in [0.3, 0.4) is 0 Å². The van der Waals surface area contributed by atoms with Crippen molar-refractivity contribution in [1.82, 2.24) is 0 Å². The van der Waals surface area contributed by atoms with E-state index in [0.717, 1.165) is 16.3 Å². The van der Waals surface area contributed by atoms with Crippen LogP contribution in [0.4, 0.5) is 5.69 Å². The predicted octanol–water partition coefficient (Wildman–Crippen LogP) is 5.18. The van der Waals surface area contributed by atoms with Crippen molar-refractivity contribution in [2.45, 2.75) is 32.4 Å². The number of hydrogen-bond donors (Lipinski definition) is 0. The highest BCUT2D eigenvalue weighted by Gasteiger charge is 2.09. The predicted molar refractivity (Wildman–Crippen MR) is 68.0 cm³/mol. The Balaban J connectivity index is 2.73. The SMILES string of the molecule is Cc1cc(Cl)ccc1N=NSC(C)(C)C. The molecule has 0 saturated carbocycles. The fourth-order valence-corrected chi connectivity index (χ4v) is 1.52. The Morgan fingerprint density at radius 1 is 1.27 bits per heavy atom. The van der Waals surface area contributed by atoms with E-state index in [1.54, 1.807) is 0 Å². The van der Waals surface area contributed by atoms with Gasteiger partial charge in [0.15, 0.2) is 0 Å². The van der Waals surface area contributed by atoms with E-state index in [2.05, 4.69) is 30.4 Å². The third-order valence-corrected chi connectivity index (χ3v) is 2.57. The van der Waals surface area contributed by atoms with Gasteiger partial charge in [-0.15, -0.1) is 9.63 Å². The van der Waals surface area contributed by atoms with E-state index >= 15 is 0 Å². The monoisotopic (exact) mass is 242 g/mol. The van der Waals surface area contributed by atoms with Crippen LogP contribution in [0.2, 0.25) is 5.02 Å². The first-order valence-electron chi connectivity index (χ1n) is 4.74. The van der Waals surface area contributed by atoms with Gasteiger partial charge in [-0.25, -0.2) is 0 Å². The van der Waals surface area contributed by atoms with Gasteiger partial charge in [-0.3, -0.25) is 0 Å². The molecule has 0 aliphatic heterocycles. The van der Waals surface area contributed by atoms with Crippen molar-refractivity contribution < 1.29 is 0 Å². The lowest BCUT2D eigenvalue weighted by Crippen LogP contribution is -2.04. The first-order chi connectivity index (χ1) is 6.88. The Kier molecular flexibility index (Phi) is 4.17. The molecule has 1 aromatic carbocycles. The van der Waals surface area contributed by atoms with Crippen molar-refractivity contribution >= 4 is 29.2 Å². The largest absolute Gasteiger partial charge is 0.143 e. The van der Waals surface area contributed by atoms with Gasteiger partial charge in [0.25, 0.3) is 0 Å². The molecular formula is C11H15ClN2S. The molecule has 0 saturated heterocycles. The highest BCUT2D eigenvalue weighted by Crippen LogP contribution is 2.28. The molecule has 0 heterocycles. The van der Waals surface area contributed by atoms with E-state index in [1.807, 2.05) is 25.1 Å². The van der Waals surface area contributed by atoms with Crippen molar-refractivity contribution in [3.8, 4) is 0 Å². The summed E-state index contributed by atoms with van der Waals surface area (Å²) in [7, 11) is 0. The average Bonchev–Trinajstić information content (AvgIpc) is 2.07. The fourth-order valence-electron chi connectivity index (χ4n) is 0.918. The first-order valence-corrected chi connectivity index (χ1v) is 5.89. The quantitative estimate of drug-likeness (QED) is 0.518. The molecule has 0 N–H and O–H groups in total. The number of hydrogen-bond acceptors (Lipinski definition) is 3. The molecule has 0 aliphatic carbocycles. The van der Waals surface area contributed by atoms with Gasteiger partial charge < -0.3 is 0 Å². The Morgan fingerprint density at radius 3 is 2.47 bits per heavy atom. The second kappa shape index (κ2) is 4.99. The molecule has 0 atom stereocenters. The standard InChI is InChI=1S/C11H15ClN2S/c1-8-7-9(12)5-6-10(8)13-14-15-11(2,3)4/h5-7H,1-4H3. The number of benzene rings is 1. The maximum Gasteiger partial charge on any atom is 0.0893 e. The molecule has 1 aromatic rings. The van der Waals surface area contributed by atoms with Gasteiger partial charge in [-0.1, -0.05) is 11.6 Å². The van der Waals surface area contributed by atoms with Crippen molar-refractivity contribution in [2.75, 3.05) is 0 Å². The molecule has 82 valence electrons. The molecule has 15 heavy (non-hydrogen) atoms. The third-order valence-electron chi connectivity index (χ3n) is 1.62. The average molecular weight is 243 g/mol. The van der Waals surface area contributed by atoms with Gasteiger partial charge in [0.1, 0.15) is 0 Å². The number of rotatable bonds is 2. The maximum absolute atomic E-state index is 5.85. The summed E-state index contributed by atoms with van der Waals surface area (Å²) in [5.41, 5.74) is 1.91. The van der Waals surface area contributed by atoms with Gasteiger partial charge in [-0.05, 0) is 51.5 Å². The summed E-state index contributed by atoms with van der Waals surface area (Å²) in [5.74, 6) is 0. The van der Waals surface area contributed by atoms with Crippen LogP contribution in [0.15, 0.2) is 27.8 Å². The summed E-state index contributed by atoms with van der Waals surface area (Å²) in [4.78, 5) is 0. The topological polar surface area (TPSA) is 24.7 Å². The summed E-state index contributed by atoms with van der Waals surface area (Å²) in [6, 6.07) is 5.59. The first kappa shape index (κ1) is 12.5. The molecular weight excluding hydrogens is 228 g/mol. The highest BCUT2D eigenvalue weighted by molar-refractivity contribution is 7.99. The summed E-state index contributed by atoms with van der Waals surface area (Å²) < 4.78 is 4.20. The van der Waals surface area contributed by atoms with Gasteiger partial charge in [0.2, 0.25) is 0 Å². The van der Waals surface area contributed by atoms with Crippen molar-refractivity contribution in [2.24, 2.45) is 9.63 Å². The van der Waals surface area contributed by atoms with E-state index < -0.39 is 0 Å². The minimum Gasteiger partial charge on any atom is -0.143 e. The lowest BCUT2D eigenvalue weighted by Gasteiger charge is -2.11. The molecule has 0 aliphatic rings. The van der Waals surface area contributed by atoms with Gasteiger partial charge in [-0.2, -0.15) is 0 Å². The smallest absolute Gasteiger partial charge is 0.0893 e. The Labute approximate surface area is 100 Å². The zero-order chi connectivity index (χ0) is 11.5. The van der Waals surface area contributed by atoms with E-state index in [9.17, 15) is 0 Å². The van der Waals surface area contributed by atoms with Crippen molar-refractivity contribution in [3.05, 3.63) is 28.8 Å². The minimum atomic E-state index is 0.101. The van der Waals surface area contributed by atoms with Gasteiger partial charge >= 0.3 is 0 Å². The van der Waals surface area contributed by atoms with Crippen LogP contribution in [-0.2, 0) is 0 Å². The Hall–Kier alpha value is -0.540. The molecule has 1 rings (SSSR count). The van der Waals surface area contributed by atoms with E-state index in [-0.39, 0.29) is 4.75 Å². The van der Waals surface area contributed by atoms with Gasteiger partial charge in [0, 0.05) is 21.7 Å². The molecule has 0 aromatic heterocycles. The van der Waals surface area contributed by atoms with E-state index in [4.69, 9.17) is 11.6 Å². The van der Waals surface area contributed by atoms with Crippen LogP contribution >= 0.6 is 23.5 Å². The highest BCUT2D eigenvalue weighted by atomic mass is 35.5. The molecule has 0 spiro atoms. The van der Waals surface area contributed by atoms with Crippen molar-refractivity contribution in [1.29, 1.82) is 0 Å². The summed E-state index contributed by atoms with van der Waals surface area (Å²) in [6.45, 7) is 8.28. The molecule has 0 radical (unpaired) electrons. The van der Waals surface area contributed by atoms with Crippen LogP contribution in [0.1, 0.15) is 26.3 Å². The molecule has 0 unspecified atom stereocenters. The van der Waals surface area contributed by atoms with Crippen LogP contribution < -0.4 is 0 Å². The third kappa shape index (κ3) is 4.67. The number of nitrogens with zero attached hydrogens (tertiary/aromatic N) is 2. The van der Waals surface area contributed by atoms with Crippen LogP contribution in [0.5, 0.6) is 0 Å². The second-order valence-corrected chi connectivity index (χ2v) is 6.32. The van der Waals surface area contributed by atoms with Crippen LogP contribution in [-0.4, -0.2) is 4.75 Å². The Morgan fingerprint density at radius 2 is 1.93 bits per heavy atom. The minimum absolute atomic E-state index is 0.101. The summed E-state index contributed by atoms with van der Waals surface area (Å²) in [6.07, 6.45) is 0. The number of halogens is 1. The molecule has 0 amide bonds. The van der Waals surface area contributed by atoms with E-state index in [1.165, 1.54) is 11.9 Å². The van der Waals surface area contributed by atoms with Gasteiger partial charge in [0.05, 0.1) is 5.69 Å². The molecule has 4 heteroatoms. The molecule has 0 fully saturated rings. The maximum atomic E-state index is 5.85. The lowest BCUT2D eigenvalue weighted by molar-refractivity contribution is 0.802. The lowest BCUT2D eigenvalue weighted by atomic mass is 10.2. The number of aryl methyl sites for hydroxylation is 1. The molecule has 2 nitrogen and oxygen atoms in total. The molecule has 0 bridgehead atoms. The summed E-state index contributed by atoms with van der Waals surface area (Å²) >= 11 is 7.31. The zero-order valence-corrected chi connectivity index (χ0v) is 11.0. The van der Waals surface area contributed by atoms with Crippen LogP contribution in [0.25, 0.3) is 0 Å². The normalized spacial score (nSPS) is 12.3. The van der Waals surface area contributed by atoms with Crippen LogP contribution in [0, 0.1) is 6.92 Å². The Bertz CT molecular complexity index is 369. The zero-order valence-electron chi connectivity index (χ0n) is 9.41. The summed E-state index contributed by atoms with van der Waals surface area (Å²) in [5, 5.41) is 4.89. The fraction of sp³-hybridized carbons (Fsp3) is 0.455. The second-order valence-electron chi connectivity index (χ2n) is 4.32.